The van der Waals surface area contributed by atoms with Crippen molar-refractivity contribution in [3.63, 3.8) is 0 Å². The molecule has 1 rings (SSSR count). The second kappa shape index (κ2) is 9.20. The van der Waals surface area contributed by atoms with Gasteiger partial charge in [0.25, 0.3) is 0 Å². The van der Waals surface area contributed by atoms with E-state index in [-0.39, 0.29) is 0 Å². The van der Waals surface area contributed by atoms with E-state index < -0.39 is 0 Å². The van der Waals surface area contributed by atoms with Crippen LogP contribution in [0, 0.1) is 0 Å². The molecule has 1 aromatic heterocycles. The molecule has 0 unspecified atom stereocenters. The number of nitrogens with zero attached hydrogens (tertiary/aromatic N) is 1. The highest BCUT2D eigenvalue weighted by Gasteiger charge is 1.89. The Morgan fingerprint density at radius 1 is 1.31 bits per heavy atom. The first kappa shape index (κ1) is 12.1. The molecule has 13 heavy (non-hydrogen) atoms. The van der Waals surface area contributed by atoms with Crippen LogP contribution in [0.25, 0.3) is 0 Å². The van der Waals surface area contributed by atoms with Gasteiger partial charge in [-0.15, -0.1) is 0 Å². The third-order valence-electron chi connectivity index (χ3n) is 1.53. The van der Waals surface area contributed by atoms with Gasteiger partial charge in [-0.05, 0) is 18.7 Å². The summed E-state index contributed by atoms with van der Waals surface area (Å²) in [6.45, 7) is 8.17. The first-order valence-corrected chi connectivity index (χ1v) is 5.04. The van der Waals surface area contributed by atoms with E-state index in [4.69, 9.17) is 0 Å². The van der Waals surface area contributed by atoms with Crippen molar-refractivity contribution in [3.8, 4) is 0 Å². The Bertz CT molecular complexity index is 185. The molecule has 0 atom stereocenters. The number of hydrogen-bond donors (Lipinski definition) is 1. The van der Waals surface area contributed by atoms with E-state index in [2.05, 4.69) is 23.3 Å². The lowest BCUT2D eigenvalue weighted by molar-refractivity contribution is 0.708. The van der Waals surface area contributed by atoms with Crippen molar-refractivity contribution < 1.29 is 0 Å². The molecule has 0 aliphatic rings. The summed E-state index contributed by atoms with van der Waals surface area (Å²) in [7, 11) is 0. The number of rotatable bonds is 4. The van der Waals surface area contributed by atoms with Crippen LogP contribution in [-0.4, -0.2) is 18.1 Å². The highest BCUT2D eigenvalue weighted by Crippen LogP contribution is 1.92. The topological polar surface area (TPSA) is 24.9 Å². The van der Waals surface area contributed by atoms with E-state index in [1.807, 2.05) is 32.2 Å². The molecule has 0 amide bonds. The van der Waals surface area contributed by atoms with Crippen LogP contribution in [0.5, 0.6) is 0 Å². The average molecular weight is 180 g/mol. The summed E-state index contributed by atoms with van der Waals surface area (Å²) in [6.07, 6.45) is 2.86. The van der Waals surface area contributed by atoms with E-state index in [0.717, 1.165) is 25.2 Å². The predicted octanol–water partition coefficient (Wildman–Crippen LogP) is 2.26. The number of aromatic nitrogens is 1. The number of pyridine rings is 1. The fourth-order valence-electron chi connectivity index (χ4n) is 0.939. The molecule has 0 spiro atoms. The minimum Gasteiger partial charge on any atom is -0.317 e. The van der Waals surface area contributed by atoms with Gasteiger partial charge in [-0.3, -0.25) is 4.98 Å². The zero-order valence-electron chi connectivity index (χ0n) is 8.88. The molecule has 74 valence electrons. The monoisotopic (exact) mass is 180 g/mol. The van der Waals surface area contributed by atoms with E-state index in [0.29, 0.717) is 0 Å². The van der Waals surface area contributed by atoms with E-state index >= 15 is 0 Å². The van der Waals surface area contributed by atoms with Gasteiger partial charge in [-0.1, -0.05) is 26.8 Å². The molecule has 0 aliphatic heterocycles. The third-order valence-corrected chi connectivity index (χ3v) is 1.53. The molecule has 0 aromatic carbocycles. The molecular weight excluding hydrogens is 160 g/mol. The van der Waals surface area contributed by atoms with Crippen molar-refractivity contribution >= 4 is 0 Å². The highest BCUT2D eigenvalue weighted by molar-refractivity contribution is 5.03. The van der Waals surface area contributed by atoms with Gasteiger partial charge >= 0.3 is 0 Å². The summed E-state index contributed by atoms with van der Waals surface area (Å²) in [5.41, 5.74) is 1.16. The maximum atomic E-state index is 4.21. The summed E-state index contributed by atoms with van der Waals surface area (Å²) >= 11 is 0. The lowest BCUT2D eigenvalue weighted by Crippen LogP contribution is -2.16. The lowest BCUT2D eigenvalue weighted by Gasteiger charge is -1.99. The van der Waals surface area contributed by atoms with Crippen LogP contribution in [0.15, 0.2) is 24.4 Å². The molecule has 0 aliphatic carbocycles. The van der Waals surface area contributed by atoms with Gasteiger partial charge in [0.2, 0.25) is 0 Å². The van der Waals surface area contributed by atoms with Gasteiger partial charge in [-0.2, -0.15) is 0 Å². The quantitative estimate of drug-likeness (QED) is 0.719. The smallest absolute Gasteiger partial charge is 0.0416 e. The normalized spacial score (nSPS) is 8.85. The predicted molar refractivity (Wildman–Crippen MR) is 57.8 cm³/mol. The molecule has 1 aromatic rings. The van der Waals surface area contributed by atoms with E-state index in [1.165, 1.54) is 0 Å². The maximum Gasteiger partial charge on any atom is 0.0416 e. The van der Waals surface area contributed by atoms with Crippen LogP contribution >= 0.6 is 0 Å². The van der Waals surface area contributed by atoms with E-state index in [9.17, 15) is 0 Å². The van der Waals surface area contributed by atoms with Crippen LogP contribution in [0.3, 0.4) is 0 Å². The second-order valence-corrected chi connectivity index (χ2v) is 2.42. The Hall–Kier alpha value is -0.890. The average Bonchev–Trinajstić information content (AvgIpc) is 2.23. The van der Waals surface area contributed by atoms with Gasteiger partial charge in [0, 0.05) is 24.9 Å². The zero-order valence-corrected chi connectivity index (χ0v) is 8.88. The first-order valence-electron chi connectivity index (χ1n) is 5.04. The highest BCUT2D eigenvalue weighted by atomic mass is 14.8. The fraction of sp³-hybridized carbons (Fsp3) is 0.545. The molecule has 0 bridgehead atoms. The van der Waals surface area contributed by atoms with Crippen molar-refractivity contribution in [2.75, 3.05) is 13.1 Å². The SMILES string of the molecule is CC.CCNCCc1ccccn1. The minimum atomic E-state index is 1.02. The molecule has 2 heteroatoms. The number of hydrogen-bond acceptors (Lipinski definition) is 2. The minimum absolute atomic E-state index is 1.02. The molecule has 1 heterocycles. The summed E-state index contributed by atoms with van der Waals surface area (Å²) < 4.78 is 0. The van der Waals surface area contributed by atoms with Crippen LogP contribution in [0.1, 0.15) is 26.5 Å². The van der Waals surface area contributed by atoms with Crippen molar-refractivity contribution in [1.29, 1.82) is 0 Å². The molecule has 0 fully saturated rings. The molecular formula is C11H20N2. The van der Waals surface area contributed by atoms with Crippen LogP contribution in [0.4, 0.5) is 0 Å². The van der Waals surface area contributed by atoms with Gasteiger partial charge in [-0.25, -0.2) is 0 Å². The Morgan fingerprint density at radius 2 is 2.08 bits per heavy atom. The van der Waals surface area contributed by atoms with Crippen molar-refractivity contribution in [2.45, 2.75) is 27.2 Å². The largest absolute Gasteiger partial charge is 0.317 e. The van der Waals surface area contributed by atoms with Gasteiger partial charge < -0.3 is 5.32 Å². The summed E-state index contributed by atoms with van der Waals surface area (Å²) in [6, 6.07) is 6.02. The summed E-state index contributed by atoms with van der Waals surface area (Å²) in [5.74, 6) is 0. The van der Waals surface area contributed by atoms with Gasteiger partial charge in [0.15, 0.2) is 0 Å². The Labute approximate surface area is 81.4 Å². The summed E-state index contributed by atoms with van der Waals surface area (Å²) in [5, 5.41) is 3.26. The fourth-order valence-corrected chi connectivity index (χ4v) is 0.939. The van der Waals surface area contributed by atoms with Crippen molar-refractivity contribution in [1.82, 2.24) is 10.3 Å². The lowest BCUT2D eigenvalue weighted by atomic mass is 10.3. The van der Waals surface area contributed by atoms with E-state index in [1.54, 1.807) is 0 Å². The first-order chi connectivity index (χ1) is 6.43. The molecule has 1 N–H and O–H groups in total. The van der Waals surface area contributed by atoms with Crippen molar-refractivity contribution in [3.05, 3.63) is 30.1 Å². The standard InChI is InChI=1S/C9H14N2.C2H6/c1-2-10-8-6-9-5-3-4-7-11-9;1-2/h3-5,7,10H,2,6,8H2,1H3;1-2H3. The molecule has 0 saturated carbocycles. The third kappa shape index (κ3) is 6.29. The zero-order chi connectivity index (χ0) is 9.94. The molecule has 0 radical (unpaired) electrons. The summed E-state index contributed by atoms with van der Waals surface area (Å²) in [4.78, 5) is 4.21. The van der Waals surface area contributed by atoms with Crippen LogP contribution < -0.4 is 5.32 Å². The van der Waals surface area contributed by atoms with Gasteiger partial charge in [0.05, 0.1) is 0 Å². The Balaban J connectivity index is 0.000000671. The number of nitrogens with one attached hydrogen (secondary N) is 1. The number of likely N-dealkylation sites (N-methyl/N-ethyl adjacent to an activating group) is 1. The van der Waals surface area contributed by atoms with Crippen LogP contribution in [0.2, 0.25) is 0 Å². The molecule has 2 nitrogen and oxygen atoms in total. The Kier molecular flexibility index (Phi) is 8.57. The Morgan fingerprint density at radius 3 is 2.62 bits per heavy atom. The second-order valence-electron chi connectivity index (χ2n) is 2.42. The van der Waals surface area contributed by atoms with Crippen LogP contribution in [-0.2, 0) is 6.42 Å². The molecule has 0 saturated heterocycles. The maximum absolute atomic E-state index is 4.21. The van der Waals surface area contributed by atoms with Crippen molar-refractivity contribution in [2.24, 2.45) is 0 Å². The van der Waals surface area contributed by atoms with Gasteiger partial charge in [0.1, 0.15) is 0 Å².